The highest BCUT2D eigenvalue weighted by Crippen LogP contribution is 2.50. The third kappa shape index (κ3) is 3.09. The van der Waals surface area contributed by atoms with Crippen LogP contribution < -0.4 is 19.7 Å². The summed E-state index contributed by atoms with van der Waals surface area (Å²) in [5.41, 5.74) is 1.72. The number of methoxy groups -OCH3 is 1. The Hall–Kier alpha value is -2.80. The van der Waals surface area contributed by atoms with Crippen LogP contribution in [0.25, 0.3) is 0 Å². The quantitative estimate of drug-likeness (QED) is 0.607. The molecule has 2 aromatic rings. The fourth-order valence-corrected chi connectivity index (χ4v) is 4.65. The number of nitrogens with one attached hydrogen (secondary N) is 1. The van der Waals surface area contributed by atoms with Gasteiger partial charge in [-0.05, 0) is 68.9 Å². The minimum atomic E-state index is -1.05. The molecule has 152 valence electrons. The van der Waals surface area contributed by atoms with Gasteiger partial charge in [-0.2, -0.15) is 0 Å². The number of aryl methyl sites for hydroxylation is 1. The Morgan fingerprint density at radius 2 is 2.10 bits per heavy atom. The smallest absolute Gasteiger partial charge is 0.317 e. The number of anilines is 1. The van der Waals surface area contributed by atoms with Crippen LogP contribution >= 0.6 is 12.2 Å². The number of carbonyl (C=O) groups excluding carboxylic acids is 1. The number of hydrogen-bond acceptors (Lipinski definition) is 5. The van der Waals surface area contributed by atoms with Crippen LogP contribution in [0.1, 0.15) is 31.0 Å². The summed E-state index contributed by atoms with van der Waals surface area (Å²) in [5.74, 6) is 0.411. The van der Waals surface area contributed by atoms with Crippen molar-refractivity contribution in [1.29, 1.82) is 0 Å². The van der Waals surface area contributed by atoms with Crippen molar-refractivity contribution in [3.8, 4) is 11.5 Å². The topological polar surface area (TPSA) is 60.0 Å². The van der Waals surface area contributed by atoms with Crippen LogP contribution in [0, 0.1) is 12.8 Å². The molecule has 29 heavy (non-hydrogen) atoms. The summed E-state index contributed by atoms with van der Waals surface area (Å²) in [4.78, 5) is 15.0. The summed E-state index contributed by atoms with van der Waals surface area (Å²) < 4.78 is 17.3. The number of hydrogen-bond donors (Lipinski definition) is 1. The zero-order chi connectivity index (χ0) is 20.8. The SMILES string of the molecule is CCOC(=O)C1C2NC(=S)N(c3cccc(C)c3)C1(C)Oc1ccc(OC)cc12. The molecule has 0 aromatic heterocycles. The maximum Gasteiger partial charge on any atom is 0.317 e. The monoisotopic (exact) mass is 412 g/mol. The molecule has 0 amide bonds. The summed E-state index contributed by atoms with van der Waals surface area (Å²) in [6.07, 6.45) is 0. The van der Waals surface area contributed by atoms with Gasteiger partial charge in [-0.25, -0.2) is 0 Å². The van der Waals surface area contributed by atoms with Gasteiger partial charge in [-0.1, -0.05) is 12.1 Å². The van der Waals surface area contributed by atoms with Crippen molar-refractivity contribution >= 4 is 29.0 Å². The van der Waals surface area contributed by atoms with E-state index < -0.39 is 11.6 Å². The number of carbonyl (C=O) groups is 1. The number of benzene rings is 2. The Bertz CT molecular complexity index is 979. The molecule has 2 aliphatic heterocycles. The van der Waals surface area contributed by atoms with Crippen molar-refractivity contribution in [2.75, 3.05) is 18.6 Å². The lowest BCUT2D eigenvalue weighted by atomic mass is 9.79. The number of rotatable bonds is 4. The average Bonchev–Trinajstić information content (AvgIpc) is 2.67. The van der Waals surface area contributed by atoms with Gasteiger partial charge in [0.25, 0.3) is 0 Å². The molecule has 1 fully saturated rings. The molecule has 3 atom stereocenters. The maximum atomic E-state index is 13.1. The maximum absolute atomic E-state index is 13.1. The second-order valence-electron chi connectivity index (χ2n) is 7.39. The van der Waals surface area contributed by atoms with Crippen LogP contribution in [0.4, 0.5) is 5.69 Å². The number of esters is 1. The van der Waals surface area contributed by atoms with E-state index in [1.807, 2.05) is 61.2 Å². The van der Waals surface area contributed by atoms with Crippen LogP contribution in [0.3, 0.4) is 0 Å². The highest BCUT2D eigenvalue weighted by molar-refractivity contribution is 7.80. The van der Waals surface area contributed by atoms with Gasteiger partial charge in [0.1, 0.15) is 17.4 Å². The molecule has 2 heterocycles. The molecule has 0 spiro atoms. The molecule has 6 nitrogen and oxygen atoms in total. The summed E-state index contributed by atoms with van der Waals surface area (Å²) in [5, 5.41) is 3.86. The van der Waals surface area contributed by atoms with Crippen LogP contribution in [-0.4, -0.2) is 30.5 Å². The lowest BCUT2D eigenvalue weighted by Gasteiger charge is -2.55. The molecule has 1 saturated heterocycles. The van der Waals surface area contributed by atoms with E-state index in [-0.39, 0.29) is 18.6 Å². The Morgan fingerprint density at radius 3 is 2.79 bits per heavy atom. The van der Waals surface area contributed by atoms with Gasteiger partial charge in [0.15, 0.2) is 5.11 Å². The van der Waals surface area contributed by atoms with E-state index in [0.717, 1.165) is 16.8 Å². The molecule has 0 radical (unpaired) electrons. The molecular formula is C22H24N2O4S. The molecule has 3 unspecified atom stereocenters. The summed E-state index contributed by atoms with van der Waals surface area (Å²) >= 11 is 5.72. The van der Waals surface area contributed by atoms with Crippen LogP contribution in [0.15, 0.2) is 42.5 Å². The molecule has 0 saturated carbocycles. The highest BCUT2D eigenvalue weighted by Gasteiger charge is 2.59. The van der Waals surface area contributed by atoms with Gasteiger partial charge in [0, 0.05) is 11.3 Å². The van der Waals surface area contributed by atoms with Gasteiger partial charge in [-0.15, -0.1) is 0 Å². The molecule has 0 aliphatic carbocycles. The van der Waals surface area contributed by atoms with Crippen LogP contribution in [0.2, 0.25) is 0 Å². The van der Waals surface area contributed by atoms with E-state index in [0.29, 0.717) is 16.6 Å². The first-order valence-electron chi connectivity index (χ1n) is 9.60. The molecule has 2 aromatic carbocycles. The van der Waals surface area contributed by atoms with E-state index in [1.54, 1.807) is 14.0 Å². The van der Waals surface area contributed by atoms with Crippen LogP contribution in [0.5, 0.6) is 11.5 Å². The van der Waals surface area contributed by atoms with E-state index in [9.17, 15) is 4.79 Å². The Kier molecular flexibility index (Phi) is 4.86. The molecule has 2 bridgehead atoms. The van der Waals surface area contributed by atoms with Crippen molar-refractivity contribution in [2.45, 2.75) is 32.5 Å². The van der Waals surface area contributed by atoms with Crippen molar-refractivity contribution in [3.05, 3.63) is 53.6 Å². The highest BCUT2D eigenvalue weighted by atomic mass is 32.1. The summed E-state index contributed by atoms with van der Waals surface area (Å²) in [7, 11) is 1.61. The Morgan fingerprint density at radius 1 is 1.31 bits per heavy atom. The van der Waals surface area contributed by atoms with Gasteiger partial charge in [0.05, 0.1) is 19.8 Å². The minimum absolute atomic E-state index is 0.290. The Labute approximate surface area is 175 Å². The molecule has 4 rings (SSSR count). The summed E-state index contributed by atoms with van der Waals surface area (Å²) in [6, 6.07) is 13.2. The van der Waals surface area contributed by atoms with Gasteiger partial charge >= 0.3 is 5.97 Å². The van der Waals surface area contributed by atoms with Crippen LogP contribution in [-0.2, 0) is 9.53 Å². The third-order valence-electron chi connectivity index (χ3n) is 5.51. The molecule has 7 heteroatoms. The predicted molar refractivity (Wildman–Crippen MR) is 114 cm³/mol. The molecule has 2 aliphatic rings. The lowest BCUT2D eigenvalue weighted by Crippen LogP contribution is -2.71. The van der Waals surface area contributed by atoms with E-state index in [2.05, 4.69) is 5.32 Å². The average molecular weight is 413 g/mol. The predicted octanol–water partition coefficient (Wildman–Crippen LogP) is 3.73. The largest absolute Gasteiger partial charge is 0.497 e. The number of thiocarbonyl (C=S) groups is 1. The standard InChI is InChI=1S/C22H24N2O4S/c1-5-27-20(25)18-19-16-12-15(26-4)9-10-17(16)28-22(18,3)24(21(29)23-19)14-8-6-7-13(2)11-14/h6-12,18-19H,5H2,1-4H3,(H,23,29). The normalized spacial score (nSPS) is 24.8. The van der Waals surface area contributed by atoms with Gasteiger partial charge in [-0.3, -0.25) is 9.69 Å². The second kappa shape index (κ2) is 7.22. The fraction of sp³-hybridized carbons (Fsp3) is 0.364. The summed E-state index contributed by atoms with van der Waals surface area (Å²) in [6.45, 7) is 6.00. The Balaban J connectivity index is 1.89. The number of nitrogens with zero attached hydrogens (tertiary/aromatic N) is 1. The first kappa shape index (κ1) is 19.5. The van der Waals surface area contributed by atoms with Crippen molar-refractivity contribution < 1.29 is 19.0 Å². The zero-order valence-electron chi connectivity index (χ0n) is 16.9. The lowest BCUT2D eigenvalue weighted by molar-refractivity contribution is -0.159. The van der Waals surface area contributed by atoms with E-state index in [1.165, 1.54) is 0 Å². The van der Waals surface area contributed by atoms with Crippen molar-refractivity contribution in [2.24, 2.45) is 5.92 Å². The third-order valence-corrected chi connectivity index (χ3v) is 5.81. The van der Waals surface area contributed by atoms with Crippen molar-refractivity contribution in [1.82, 2.24) is 5.32 Å². The van der Waals surface area contributed by atoms with Gasteiger partial charge in [0.2, 0.25) is 5.72 Å². The molecule has 1 N–H and O–H groups in total. The minimum Gasteiger partial charge on any atom is -0.497 e. The molecular weight excluding hydrogens is 388 g/mol. The number of ether oxygens (including phenoxy) is 3. The van der Waals surface area contributed by atoms with Crippen molar-refractivity contribution in [3.63, 3.8) is 0 Å². The van der Waals surface area contributed by atoms with E-state index >= 15 is 0 Å². The first-order chi connectivity index (χ1) is 13.9. The second-order valence-corrected chi connectivity index (χ2v) is 7.78. The zero-order valence-corrected chi connectivity index (χ0v) is 17.7. The van der Waals surface area contributed by atoms with Gasteiger partial charge < -0.3 is 19.5 Å². The first-order valence-corrected chi connectivity index (χ1v) is 10.0. The van der Waals surface area contributed by atoms with E-state index in [4.69, 9.17) is 26.4 Å². The number of fused-ring (bicyclic) bond motifs is 4. The fourth-order valence-electron chi connectivity index (χ4n) is 4.24.